The van der Waals surface area contributed by atoms with Crippen LogP contribution < -0.4 is 10.2 Å². The van der Waals surface area contributed by atoms with E-state index in [1.54, 1.807) is 0 Å². The lowest BCUT2D eigenvalue weighted by atomic mass is 10.0. The predicted molar refractivity (Wildman–Crippen MR) is 74.8 cm³/mol. The highest BCUT2D eigenvalue weighted by molar-refractivity contribution is 5.49. The normalized spacial score (nSPS) is 25.4. The third-order valence-electron chi connectivity index (χ3n) is 3.66. The van der Waals surface area contributed by atoms with Gasteiger partial charge in [0, 0.05) is 30.9 Å². The summed E-state index contributed by atoms with van der Waals surface area (Å²) in [6, 6.07) is 10.2. The summed E-state index contributed by atoms with van der Waals surface area (Å²) in [7, 11) is 0. The van der Waals surface area contributed by atoms with Crippen molar-refractivity contribution in [3.8, 4) is 0 Å². The lowest BCUT2D eigenvalue weighted by Crippen LogP contribution is -2.54. The minimum atomic E-state index is 0.580. The molecule has 1 aliphatic heterocycles. The van der Waals surface area contributed by atoms with E-state index in [9.17, 15) is 0 Å². The highest BCUT2D eigenvalue weighted by Crippen LogP contribution is 2.23. The van der Waals surface area contributed by atoms with Gasteiger partial charge in [0.15, 0.2) is 0 Å². The van der Waals surface area contributed by atoms with Crippen molar-refractivity contribution in [1.82, 2.24) is 5.32 Å². The molecule has 0 radical (unpaired) electrons. The summed E-state index contributed by atoms with van der Waals surface area (Å²) >= 11 is 0. The SMILES string of the molecule is CC1CN(c2ccc(C(C)C)cc2)C(C)CN1. The van der Waals surface area contributed by atoms with E-state index in [0.717, 1.165) is 13.1 Å². The average Bonchev–Trinajstić information content (AvgIpc) is 2.32. The maximum absolute atomic E-state index is 3.52. The third kappa shape index (κ3) is 2.81. The second-order valence-corrected chi connectivity index (χ2v) is 5.56. The maximum atomic E-state index is 3.52. The van der Waals surface area contributed by atoms with Crippen LogP contribution in [0.4, 0.5) is 5.69 Å². The van der Waals surface area contributed by atoms with Gasteiger partial charge in [-0.25, -0.2) is 0 Å². The Balaban J connectivity index is 2.15. The van der Waals surface area contributed by atoms with Crippen molar-refractivity contribution in [3.63, 3.8) is 0 Å². The zero-order chi connectivity index (χ0) is 12.4. The van der Waals surface area contributed by atoms with Crippen molar-refractivity contribution in [3.05, 3.63) is 29.8 Å². The van der Waals surface area contributed by atoms with E-state index in [0.29, 0.717) is 18.0 Å². The summed E-state index contributed by atoms with van der Waals surface area (Å²) in [6.07, 6.45) is 0. The summed E-state index contributed by atoms with van der Waals surface area (Å²) in [5.41, 5.74) is 2.78. The van der Waals surface area contributed by atoms with Crippen LogP contribution in [-0.2, 0) is 0 Å². The molecule has 0 bridgehead atoms. The molecule has 94 valence electrons. The van der Waals surface area contributed by atoms with Gasteiger partial charge in [0.05, 0.1) is 0 Å². The van der Waals surface area contributed by atoms with Gasteiger partial charge in [0.25, 0.3) is 0 Å². The van der Waals surface area contributed by atoms with Gasteiger partial charge < -0.3 is 10.2 Å². The molecule has 2 rings (SSSR count). The van der Waals surface area contributed by atoms with Gasteiger partial charge in [-0.1, -0.05) is 26.0 Å². The third-order valence-corrected chi connectivity index (χ3v) is 3.66. The molecule has 0 aromatic heterocycles. The van der Waals surface area contributed by atoms with E-state index in [1.807, 2.05) is 0 Å². The predicted octanol–water partition coefficient (Wildman–Crippen LogP) is 3.00. The van der Waals surface area contributed by atoms with Crippen LogP contribution in [0.1, 0.15) is 39.2 Å². The largest absolute Gasteiger partial charge is 0.366 e. The first-order valence-electron chi connectivity index (χ1n) is 6.68. The van der Waals surface area contributed by atoms with Crippen LogP contribution in [0.15, 0.2) is 24.3 Å². The van der Waals surface area contributed by atoms with Crippen LogP contribution in [-0.4, -0.2) is 25.2 Å². The molecule has 1 saturated heterocycles. The van der Waals surface area contributed by atoms with Gasteiger partial charge in [-0.3, -0.25) is 0 Å². The van der Waals surface area contributed by atoms with Crippen molar-refractivity contribution in [2.45, 2.75) is 45.7 Å². The number of benzene rings is 1. The van der Waals surface area contributed by atoms with Gasteiger partial charge >= 0.3 is 0 Å². The Hall–Kier alpha value is -1.02. The fraction of sp³-hybridized carbons (Fsp3) is 0.600. The quantitative estimate of drug-likeness (QED) is 0.843. The summed E-state index contributed by atoms with van der Waals surface area (Å²) in [6.45, 7) is 11.2. The number of hydrogen-bond donors (Lipinski definition) is 1. The second-order valence-electron chi connectivity index (χ2n) is 5.56. The summed E-state index contributed by atoms with van der Waals surface area (Å²) in [5, 5.41) is 3.52. The lowest BCUT2D eigenvalue weighted by Gasteiger charge is -2.39. The molecule has 1 heterocycles. The van der Waals surface area contributed by atoms with Crippen molar-refractivity contribution in [1.29, 1.82) is 0 Å². The Morgan fingerprint density at radius 3 is 2.41 bits per heavy atom. The molecule has 2 nitrogen and oxygen atoms in total. The van der Waals surface area contributed by atoms with Crippen LogP contribution >= 0.6 is 0 Å². The van der Waals surface area contributed by atoms with E-state index < -0.39 is 0 Å². The van der Waals surface area contributed by atoms with Crippen LogP contribution in [0.25, 0.3) is 0 Å². The highest BCUT2D eigenvalue weighted by atomic mass is 15.2. The van der Waals surface area contributed by atoms with Gasteiger partial charge in [-0.15, -0.1) is 0 Å². The van der Waals surface area contributed by atoms with Crippen molar-refractivity contribution in [2.24, 2.45) is 0 Å². The Kier molecular flexibility index (Phi) is 3.72. The molecule has 17 heavy (non-hydrogen) atoms. The van der Waals surface area contributed by atoms with Crippen LogP contribution in [0.5, 0.6) is 0 Å². The monoisotopic (exact) mass is 232 g/mol. The molecule has 2 heteroatoms. The Morgan fingerprint density at radius 1 is 1.18 bits per heavy atom. The Morgan fingerprint density at radius 2 is 1.82 bits per heavy atom. The first-order chi connectivity index (χ1) is 8.08. The van der Waals surface area contributed by atoms with Crippen molar-refractivity contribution >= 4 is 5.69 Å². The molecule has 1 fully saturated rings. The van der Waals surface area contributed by atoms with E-state index >= 15 is 0 Å². The molecule has 1 aromatic carbocycles. The molecule has 0 amide bonds. The van der Waals surface area contributed by atoms with E-state index in [2.05, 4.69) is 62.2 Å². The Bertz CT molecular complexity index is 356. The van der Waals surface area contributed by atoms with Crippen LogP contribution in [0.3, 0.4) is 0 Å². The fourth-order valence-electron chi connectivity index (χ4n) is 2.43. The van der Waals surface area contributed by atoms with Crippen LogP contribution in [0.2, 0.25) is 0 Å². The molecule has 2 unspecified atom stereocenters. The molecule has 0 aliphatic carbocycles. The van der Waals surface area contributed by atoms with Gasteiger partial charge in [-0.05, 0) is 37.5 Å². The van der Waals surface area contributed by atoms with E-state index in [1.165, 1.54) is 11.3 Å². The molecule has 1 aromatic rings. The van der Waals surface area contributed by atoms with Gasteiger partial charge in [-0.2, -0.15) is 0 Å². The molecule has 0 saturated carbocycles. The molecule has 1 aliphatic rings. The van der Waals surface area contributed by atoms with Gasteiger partial charge in [0.2, 0.25) is 0 Å². The number of rotatable bonds is 2. The maximum Gasteiger partial charge on any atom is 0.0387 e. The summed E-state index contributed by atoms with van der Waals surface area (Å²) in [5.74, 6) is 0.614. The molecular formula is C15H24N2. The standard InChI is InChI=1S/C15H24N2/c1-11(2)14-5-7-15(8-6-14)17-10-12(3)16-9-13(17)4/h5-8,11-13,16H,9-10H2,1-4H3. The lowest BCUT2D eigenvalue weighted by molar-refractivity contribution is 0.425. The fourth-order valence-corrected chi connectivity index (χ4v) is 2.43. The van der Waals surface area contributed by atoms with Gasteiger partial charge in [0.1, 0.15) is 0 Å². The first kappa shape index (κ1) is 12.4. The number of nitrogens with one attached hydrogen (secondary N) is 1. The van der Waals surface area contributed by atoms with E-state index in [-0.39, 0.29) is 0 Å². The van der Waals surface area contributed by atoms with Crippen molar-refractivity contribution < 1.29 is 0 Å². The zero-order valence-electron chi connectivity index (χ0n) is 11.4. The van der Waals surface area contributed by atoms with Crippen LogP contribution in [0, 0.1) is 0 Å². The molecule has 2 atom stereocenters. The second kappa shape index (κ2) is 5.09. The molecule has 0 spiro atoms. The summed E-state index contributed by atoms with van der Waals surface area (Å²) in [4.78, 5) is 2.51. The molecule has 1 N–H and O–H groups in total. The number of nitrogens with zero attached hydrogens (tertiary/aromatic N) is 1. The average molecular weight is 232 g/mol. The van der Waals surface area contributed by atoms with Crippen molar-refractivity contribution in [2.75, 3.05) is 18.0 Å². The highest BCUT2D eigenvalue weighted by Gasteiger charge is 2.22. The summed E-state index contributed by atoms with van der Waals surface area (Å²) < 4.78 is 0. The minimum absolute atomic E-state index is 0.580. The minimum Gasteiger partial charge on any atom is -0.366 e. The van der Waals surface area contributed by atoms with E-state index in [4.69, 9.17) is 0 Å². The number of piperazine rings is 1. The number of hydrogen-bond acceptors (Lipinski definition) is 2. The zero-order valence-corrected chi connectivity index (χ0v) is 11.4. The molecular weight excluding hydrogens is 208 g/mol. The number of anilines is 1. The smallest absolute Gasteiger partial charge is 0.0387 e. The topological polar surface area (TPSA) is 15.3 Å². The first-order valence-corrected chi connectivity index (χ1v) is 6.68. The Labute approximate surface area is 105 Å².